The second-order valence-electron chi connectivity index (χ2n) is 9.65. The van der Waals surface area contributed by atoms with Gasteiger partial charge in [-0.25, -0.2) is 8.42 Å². The molecule has 34 heavy (non-hydrogen) atoms. The van der Waals surface area contributed by atoms with E-state index in [1.807, 2.05) is 12.1 Å². The number of hydrogen-bond donors (Lipinski definition) is 1. The predicted molar refractivity (Wildman–Crippen MR) is 134 cm³/mol. The van der Waals surface area contributed by atoms with Crippen LogP contribution in [0.15, 0.2) is 53.4 Å². The van der Waals surface area contributed by atoms with Crippen LogP contribution in [0.1, 0.15) is 62.6 Å². The third kappa shape index (κ3) is 6.91. The second-order valence-corrected chi connectivity index (χ2v) is 11.4. The number of hydrogen-bond acceptors (Lipinski definition) is 4. The van der Waals surface area contributed by atoms with E-state index in [-0.39, 0.29) is 23.3 Å². The first kappa shape index (κ1) is 25.9. The Hall–Kier alpha value is -2.69. The molecule has 0 radical (unpaired) electrons. The minimum Gasteiger partial charge on any atom is -0.341 e. The monoisotopic (exact) mass is 481 g/mol. The number of sulfonamides is 1. The molecule has 6 nitrogen and oxygen atoms in total. The summed E-state index contributed by atoms with van der Waals surface area (Å²) in [5, 5.41) is 9.05. The van der Waals surface area contributed by atoms with Crippen LogP contribution in [-0.4, -0.2) is 38.4 Å². The van der Waals surface area contributed by atoms with Crippen LogP contribution >= 0.6 is 0 Å². The van der Waals surface area contributed by atoms with Crippen molar-refractivity contribution in [2.75, 3.05) is 7.05 Å². The molecule has 2 aromatic rings. The molecule has 1 aliphatic carbocycles. The molecule has 0 unspecified atom stereocenters. The summed E-state index contributed by atoms with van der Waals surface area (Å²) in [6.45, 7) is 4.33. The zero-order valence-electron chi connectivity index (χ0n) is 20.3. The second kappa shape index (κ2) is 11.6. The fourth-order valence-electron chi connectivity index (χ4n) is 4.39. The molecule has 0 saturated heterocycles. The van der Waals surface area contributed by atoms with E-state index in [0.29, 0.717) is 11.5 Å². The van der Waals surface area contributed by atoms with Crippen LogP contribution in [0.5, 0.6) is 0 Å². The average Bonchev–Trinajstić information content (AvgIpc) is 3.37. The number of nitriles is 1. The van der Waals surface area contributed by atoms with E-state index >= 15 is 0 Å². The maximum absolute atomic E-state index is 13.4. The summed E-state index contributed by atoms with van der Waals surface area (Å²) < 4.78 is 29.1. The Morgan fingerprint density at radius 1 is 1.06 bits per heavy atom. The topological polar surface area (TPSA) is 90.3 Å². The van der Waals surface area contributed by atoms with Gasteiger partial charge < -0.3 is 4.90 Å². The molecule has 0 aromatic heterocycles. The van der Waals surface area contributed by atoms with E-state index < -0.39 is 16.1 Å². The first-order valence-corrected chi connectivity index (χ1v) is 13.5. The van der Waals surface area contributed by atoms with Gasteiger partial charge in [0.1, 0.15) is 6.04 Å². The fraction of sp³-hybridized carbons (Fsp3) is 0.481. The number of nitrogens with zero attached hydrogens (tertiary/aromatic N) is 2. The van der Waals surface area contributed by atoms with Gasteiger partial charge in [0, 0.05) is 13.1 Å². The predicted octanol–water partition coefficient (Wildman–Crippen LogP) is 4.44. The summed E-state index contributed by atoms with van der Waals surface area (Å²) >= 11 is 0. The van der Waals surface area contributed by atoms with Gasteiger partial charge in [0.25, 0.3) is 0 Å². The van der Waals surface area contributed by atoms with Crippen LogP contribution in [-0.2, 0) is 27.7 Å². The maximum atomic E-state index is 13.4. The highest BCUT2D eigenvalue weighted by Gasteiger charge is 2.32. The van der Waals surface area contributed by atoms with E-state index in [4.69, 9.17) is 5.26 Å². The molecule has 1 saturated carbocycles. The molecule has 1 fully saturated rings. The number of nitrogens with one attached hydrogen (secondary N) is 1. The van der Waals surface area contributed by atoms with Gasteiger partial charge in [0.05, 0.1) is 16.5 Å². The molecule has 182 valence electrons. The highest BCUT2D eigenvalue weighted by Crippen LogP contribution is 2.24. The van der Waals surface area contributed by atoms with Crippen molar-refractivity contribution in [2.45, 2.75) is 75.8 Å². The maximum Gasteiger partial charge on any atom is 0.241 e. The number of amides is 1. The number of benzene rings is 2. The summed E-state index contributed by atoms with van der Waals surface area (Å²) in [5.74, 6) is 0.351. The highest BCUT2D eigenvalue weighted by atomic mass is 32.2. The molecule has 2 aromatic carbocycles. The van der Waals surface area contributed by atoms with Crippen molar-refractivity contribution < 1.29 is 13.2 Å². The van der Waals surface area contributed by atoms with E-state index in [9.17, 15) is 13.2 Å². The third-order valence-electron chi connectivity index (χ3n) is 6.58. The Morgan fingerprint density at radius 3 is 2.21 bits per heavy atom. The number of carbonyl (C=O) groups excluding carboxylic acids is 1. The molecule has 1 N–H and O–H groups in total. The van der Waals surface area contributed by atoms with E-state index in [0.717, 1.165) is 49.7 Å². The lowest BCUT2D eigenvalue weighted by Gasteiger charge is -2.29. The van der Waals surface area contributed by atoms with Crippen molar-refractivity contribution in [3.05, 3.63) is 65.2 Å². The van der Waals surface area contributed by atoms with Gasteiger partial charge in [-0.2, -0.15) is 9.98 Å². The van der Waals surface area contributed by atoms with Crippen molar-refractivity contribution in [1.82, 2.24) is 9.62 Å². The quantitative estimate of drug-likeness (QED) is 0.543. The lowest BCUT2D eigenvalue weighted by molar-refractivity contribution is -0.133. The van der Waals surface area contributed by atoms with E-state index in [1.165, 1.54) is 0 Å². The van der Waals surface area contributed by atoms with Gasteiger partial charge in [0.2, 0.25) is 15.9 Å². The van der Waals surface area contributed by atoms with Gasteiger partial charge in [-0.3, -0.25) is 4.79 Å². The molecule has 0 aliphatic heterocycles. The van der Waals surface area contributed by atoms with Crippen molar-refractivity contribution in [3.8, 4) is 6.07 Å². The lowest BCUT2D eigenvalue weighted by Crippen LogP contribution is -2.50. The summed E-state index contributed by atoms with van der Waals surface area (Å²) in [6.07, 6.45) is 6.20. The molecular formula is C27H35N3O3S. The summed E-state index contributed by atoms with van der Waals surface area (Å²) in [5.41, 5.74) is 2.41. The Kier molecular flexibility index (Phi) is 8.87. The smallest absolute Gasteiger partial charge is 0.241 e. The normalized spacial score (nSPS) is 15.3. The van der Waals surface area contributed by atoms with Crippen molar-refractivity contribution >= 4 is 15.9 Å². The highest BCUT2D eigenvalue weighted by molar-refractivity contribution is 7.89. The largest absolute Gasteiger partial charge is 0.341 e. The standard InChI is InChI=1S/C27H35N3O3S/c1-20(2)8-9-21-14-16-25(17-15-21)34(32,33)29-26(18-22-10-12-23(19-28)13-11-22)27(31)30(3)24-6-4-5-7-24/h10-17,20,24,26,29H,4-9,18H2,1-3H3/t26-/m0/s1. The van der Waals surface area contributed by atoms with Crippen LogP contribution in [0.4, 0.5) is 0 Å². The minimum absolute atomic E-state index is 0.140. The lowest BCUT2D eigenvalue weighted by atomic mass is 10.0. The summed E-state index contributed by atoms with van der Waals surface area (Å²) in [7, 11) is -2.13. The van der Waals surface area contributed by atoms with Crippen LogP contribution in [0.25, 0.3) is 0 Å². The first-order chi connectivity index (χ1) is 16.2. The zero-order valence-corrected chi connectivity index (χ0v) is 21.1. The number of carbonyl (C=O) groups is 1. The number of aryl methyl sites for hydroxylation is 1. The Balaban J connectivity index is 1.81. The zero-order chi connectivity index (χ0) is 24.7. The van der Waals surface area contributed by atoms with Crippen molar-refractivity contribution in [1.29, 1.82) is 5.26 Å². The number of likely N-dealkylation sites (N-methyl/N-ethyl adjacent to an activating group) is 1. The Morgan fingerprint density at radius 2 is 1.65 bits per heavy atom. The molecule has 1 atom stereocenters. The van der Waals surface area contributed by atoms with Gasteiger partial charge in [-0.05, 0) is 73.4 Å². The van der Waals surface area contributed by atoms with E-state index in [1.54, 1.807) is 48.3 Å². The average molecular weight is 482 g/mol. The summed E-state index contributed by atoms with van der Waals surface area (Å²) in [6, 6.07) is 15.1. The summed E-state index contributed by atoms with van der Waals surface area (Å²) in [4.78, 5) is 15.3. The first-order valence-electron chi connectivity index (χ1n) is 12.1. The molecule has 3 rings (SSSR count). The van der Waals surface area contributed by atoms with Crippen LogP contribution in [0, 0.1) is 17.2 Å². The van der Waals surface area contributed by atoms with Crippen molar-refractivity contribution in [3.63, 3.8) is 0 Å². The van der Waals surface area contributed by atoms with E-state index in [2.05, 4.69) is 24.6 Å². The fourth-order valence-corrected chi connectivity index (χ4v) is 5.58. The van der Waals surface area contributed by atoms with Crippen LogP contribution < -0.4 is 4.72 Å². The van der Waals surface area contributed by atoms with Crippen LogP contribution in [0.3, 0.4) is 0 Å². The Bertz CT molecular complexity index is 1100. The molecule has 1 aliphatic rings. The SMILES string of the molecule is CC(C)CCc1ccc(S(=O)(=O)N[C@@H](Cc2ccc(C#N)cc2)C(=O)N(C)C2CCCC2)cc1. The molecule has 0 heterocycles. The van der Waals surface area contributed by atoms with Crippen LogP contribution in [0.2, 0.25) is 0 Å². The molecule has 1 amide bonds. The van der Waals surface area contributed by atoms with Gasteiger partial charge >= 0.3 is 0 Å². The molecule has 7 heteroatoms. The minimum atomic E-state index is -3.89. The molecule has 0 spiro atoms. The number of rotatable bonds is 10. The van der Waals surface area contributed by atoms with Gasteiger partial charge in [0.15, 0.2) is 0 Å². The third-order valence-corrected chi connectivity index (χ3v) is 8.07. The Labute approximate surface area is 204 Å². The van der Waals surface area contributed by atoms with Crippen molar-refractivity contribution in [2.24, 2.45) is 5.92 Å². The molecule has 0 bridgehead atoms. The van der Waals surface area contributed by atoms with Gasteiger partial charge in [-0.1, -0.05) is 51.0 Å². The molecular weight excluding hydrogens is 446 g/mol. The van der Waals surface area contributed by atoms with Gasteiger partial charge in [-0.15, -0.1) is 0 Å².